The Morgan fingerprint density at radius 1 is 0.667 bits per heavy atom. The lowest BCUT2D eigenvalue weighted by molar-refractivity contribution is -0.145. The van der Waals surface area contributed by atoms with Crippen LogP contribution in [-0.4, -0.2) is 23.8 Å². The zero-order chi connectivity index (χ0) is 20.0. The van der Waals surface area contributed by atoms with Crippen molar-refractivity contribution in [1.29, 1.82) is 0 Å². The maximum absolute atomic E-state index is 11.3. The van der Waals surface area contributed by atoms with Gasteiger partial charge in [0.05, 0.1) is 19.1 Å². The Kier molecular flexibility index (Phi) is 21.3. The van der Waals surface area contributed by atoms with Gasteiger partial charge in [-0.15, -0.1) is 0 Å². The number of ether oxygens (including phenoxy) is 1. The van der Waals surface area contributed by atoms with Gasteiger partial charge in [-0.3, -0.25) is 4.79 Å². The average molecular weight is 385 g/mol. The van der Waals surface area contributed by atoms with Gasteiger partial charge in [-0.05, 0) is 13.3 Å². The SMILES string of the molecule is CCCCCCCCCCCCCCCCCCCC(O)CC(=O)OCC. The van der Waals surface area contributed by atoms with Crippen LogP contribution in [-0.2, 0) is 9.53 Å². The minimum Gasteiger partial charge on any atom is -0.466 e. The van der Waals surface area contributed by atoms with E-state index in [1.54, 1.807) is 6.92 Å². The van der Waals surface area contributed by atoms with Crippen molar-refractivity contribution in [2.24, 2.45) is 0 Å². The predicted molar refractivity (Wildman–Crippen MR) is 116 cm³/mol. The molecular weight excluding hydrogens is 336 g/mol. The van der Waals surface area contributed by atoms with Crippen molar-refractivity contribution in [2.75, 3.05) is 6.61 Å². The van der Waals surface area contributed by atoms with Crippen molar-refractivity contribution in [1.82, 2.24) is 0 Å². The van der Waals surface area contributed by atoms with Gasteiger partial charge in [0.1, 0.15) is 0 Å². The molecule has 0 aliphatic rings. The molecule has 0 bridgehead atoms. The second-order valence-electron chi connectivity index (χ2n) is 8.11. The fraction of sp³-hybridized carbons (Fsp3) is 0.958. The highest BCUT2D eigenvalue weighted by Gasteiger charge is 2.10. The zero-order valence-electron chi connectivity index (χ0n) is 18.5. The first-order valence-electron chi connectivity index (χ1n) is 12.0. The summed E-state index contributed by atoms with van der Waals surface area (Å²) in [6.45, 7) is 4.47. The topological polar surface area (TPSA) is 46.5 Å². The maximum Gasteiger partial charge on any atom is 0.308 e. The molecule has 1 N–H and O–H groups in total. The van der Waals surface area contributed by atoms with Crippen LogP contribution in [0.15, 0.2) is 0 Å². The molecule has 27 heavy (non-hydrogen) atoms. The lowest BCUT2D eigenvalue weighted by Gasteiger charge is -2.09. The van der Waals surface area contributed by atoms with Gasteiger partial charge in [-0.2, -0.15) is 0 Å². The highest BCUT2D eigenvalue weighted by Crippen LogP contribution is 2.15. The Morgan fingerprint density at radius 3 is 1.41 bits per heavy atom. The van der Waals surface area contributed by atoms with Crippen molar-refractivity contribution < 1.29 is 14.6 Å². The molecule has 0 saturated carbocycles. The van der Waals surface area contributed by atoms with Crippen LogP contribution >= 0.6 is 0 Å². The summed E-state index contributed by atoms with van der Waals surface area (Å²) in [6, 6.07) is 0. The van der Waals surface area contributed by atoms with Crippen LogP contribution in [0.3, 0.4) is 0 Å². The van der Waals surface area contributed by atoms with Gasteiger partial charge in [-0.25, -0.2) is 0 Å². The lowest BCUT2D eigenvalue weighted by atomic mass is 10.0. The minimum atomic E-state index is -0.527. The number of esters is 1. The smallest absolute Gasteiger partial charge is 0.308 e. The number of carbonyl (C=O) groups is 1. The number of rotatable bonds is 21. The second kappa shape index (κ2) is 21.7. The Morgan fingerprint density at radius 2 is 1.04 bits per heavy atom. The van der Waals surface area contributed by atoms with E-state index in [1.165, 1.54) is 96.3 Å². The molecule has 0 aromatic rings. The third-order valence-electron chi connectivity index (χ3n) is 5.35. The standard InChI is InChI=1S/C24H48O3/c1-3-5-6-7-8-9-10-11-12-13-14-15-16-17-18-19-20-21-23(25)22-24(26)27-4-2/h23,25H,3-22H2,1-2H3. The number of aliphatic hydroxyl groups is 1. The number of hydrogen-bond donors (Lipinski definition) is 1. The third-order valence-corrected chi connectivity index (χ3v) is 5.35. The van der Waals surface area contributed by atoms with Crippen LogP contribution in [0.1, 0.15) is 136 Å². The van der Waals surface area contributed by atoms with E-state index in [1.807, 2.05) is 0 Å². The lowest BCUT2D eigenvalue weighted by Crippen LogP contribution is -2.15. The van der Waals surface area contributed by atoms with Gasteiger partial charge in [0, 0.05) is 0 Å². The number of unbranched alkanes of at least 4 members (excludes halogenated alkanes) is 16. The van der Waals surface area contributed by atoms with Crippen molar-refractivity contribution >= 4 is 5.97 Å². The summed E-state index contributed by atoms with van der Waals surface area (Å²) in [5.74, 6) is -0.281. The summed E-state index contributed by atoms with van der Waals surface area (Å²) in [7, 11) is 0. The van der Waals surface area contributed by atoms with Crippen LogP contribution in [0.5, 0.6) is 0 Å². The quantitative estimate of drug-likeness (QED) is 0.166. The first-order chi connectivity index (χ1) is 13.2. The van der Waals surface area contributed by atoms with Crippen LogP contribution in [0, 0.1) is 0 Å². The molecule has 0 aromatic heterocycles. The average Bonchev–Trinajstić information content (AvgIpc) is 2.64. The Balaban J connectivity index is 3.13. The number of hydrogen-bond acceptors (Lipinski definition) is 3. The monoisotopic (exact) mass is 384 g/mol. The fourth-order valence-corrected chi connectivity index (χ4v) is 3.62. The van der Waals surface area contributed by atoms with Gasteiger partial charge >= 0.3 is 5.97 Å². The van der Waals surface area contributed by atoms with E-state index in [0.29, 0.717) is 6.61 Å². The molecule has 1 unspecified atom stereocenters. The highest BCUT2D eigenvalue weighted by atomic mass is 16.5. The molecule has 3 nitrogen and oxygen atoms in total. The molecule has 0 saturated heterocycles. The molecule has 3 heteroatoms. The zero-order valence-corrected chi connectivity index (χ0v) is 18.5. The Bertz CT molecular complexity index is 304. The highest BCUT2D eigenvalue weighted by molar-refractivity contribution is 5.69. The molecule has 0 rings (SSSR count). The number of carbonyl (C=O) groups excluding carboxylic acids is 1. The van der Waals surface area contributed by atoms with E-state index in [0.717, 1.165) is 19.3 Å². The fourth-order valence-electron chi connectivity index (χ4n) is 3.62. The molecular formula is C24H48O3. The van der Waals surface area contributed by atoms with Crippen LogP contribution < -0.4 is 0 Å². The summed E-state index contributed by atoms with van der Waals surface area (Å²) in [5, 5.41) is 9.77. The summed E-state index contributed by atoms with van der Waals surface area (Å²) < 4.78 is 4.85. The van der Waals surface area contributed by atoms with Crippen molar-refractivity contribution in [2.45, 2.75) is 142 Å². The normalized spacial score (nSPS) is 12.3. The van der Waals surface area contributed by atoms with E-state index >= 15 is 0 Å². The van der Waals surface area contributed by atoms with E-state index in [9.17, 15) is 9.90 Å². The largest absolute Gasteiger partial charge is 0.466 e. The van der Waals surface area contributed by atoms with Gasteiger partial charge in [0.25, 0.3) is 0 Å². The summed E-state index contributed by atoms with van der Waals surface area (Å²) in [6.07, 6.45) is 23.4. The van der Waals surface area contributed by atoms with E-state index in [-0.39, 0.29) is 12.4 Å². The summed E-state index contributed by atoms with van der Waals surface area (Å²) in [4.78, 5) is 11.3. The number of aliphatic hydroxyl groups excluding tert-OH is 1. The van der Waals surface area contributed by atoms with Gasteiger partial charge in [-0.1, -0.05) is 116 Å². The Hall–Kier alpha value is -0.570. The third kappa shape index (κ3) is 21.6. The van der Waals surface area contributed by atoms with Gasteiger partial charge in [0.2, 0.25) is 0 Å². The second-order valence-corrected chi connectivity index (χ2v) is 8.11. The van der Waals surface area contributed by atoms with Crippen molar-refractivity contribution in [3.05, 3.63) is 0 Å². The summed E-state index contributed by atoms with van der Waals surface area (Å²) in [5.41, 5.74) is 0. The molecule has 0 fully saturated rings. The molecule has 0 amide bonds. The molecule has 0 aliphatic carbocycles. The van der Waals surface area contributed by atoms with E-state index in [4.69, 9.17) is 4.74 Å². The van der Waals surface area contributed by atoms with Gasteiger partial charge < -0.3 is 9.84 Å². The minimum absolute atomic E-state index is 0.146. The molecule has 0 radical (unpaired) electrons. The molecule has 0 aliphatic heterocycles. The molecule has 0 aromatic carbocycles. The van der Waals surface area contributed by atoms with E-state index < -0.39 is 6.10 Å². The first kappa shape index (κ1) is 26.4. The molecule has 162 valence electrons. The Labute approximate surface area is 169 Å². The van der Waals surface area contributed by atoms with Gasteiger partial charge in [0.15, 0.2) is 0 Å². The molecule has 1 atom stereocenters. The van der Waals surface area contributed by atoms with Crippen molar-refractivity contribution in [3.63, 3.8) is 0 Å². The molecule has 0 spiro atoms. The van der Waals surface area contributed by atoms with Crippen LogP contribution in [0.2, 0.25) is 0 Å². The van der Waals surface area contributed by atoms with Crippen LogP contribution in [0.25, 0.3) is 0 Å². The van der Waals surface area contributed by atoms with E-state index in [2.05, 4.69) is 6.92 Å². The maximum atomic E-state index is 11.3. The van der Waals surface area contributed by atoms with Crippen molar-refractivity contribution in [3.8, 4) is 0 Å². The molecule has 0 heterocycles. The first-order valence-corrected chi connectivity index (χ1v) is 12.0. The summed E-state index contributed by atoms with van der Waals surface area (Å²) >= 11 is 0. The van der Waals surface area contributed by atoms with Crippen LogP contribution in [0.4, 0.5) is 0 Å². The predicted octanol–water partition coefficient (Wildman–Crippen LogP) is 7.34.